The number of hydrogen-bond donors (Lipinski definition) is 0. The van der Waals surface area contributed by atoms with E-state index in [1.165, 1.54) is 30.2 Å². The Balaban J connectivity index is 2.16. The first-order valence-corrected chi connectivity index (χ1v) is 8.21. The largest absolute Gasteiger partial charge is 0.487 e. The zero-order valence-electron chi connectivity index (χ0n) is 15.3. The van der Waals surface area contributed by atoms with E-state index >= 15 is 0 Å². The molecule has 2 rings (SSSR count). The highest BCUT2D eigenvalue weighted by molar-refractivity contribution is 5.95. The van der Waals surface area contributed by atoms with Gasteiger partial charge in [-0.05, 0) is 36.8 Å². The van der Waals surface area contributed by atoms with E-state index in [-0.39, 0.29) is 36.1 Å². The Bertz CT molecular complexity index is 848. The van der Waals surface area contributed by atoms with Gasteiger partial charge >= 0.3 is 11.7 Å². The molecule has 0 bridgehead atoms. The van der Waals surface area contributed by atoms with Crippen LogP contribution in [0.2, 0.25) is 0 Å². The monoisotopic (exact) mass is 372 g/mol. The predicted octanol–water partition coefficient (Wildman–Crippen LogP) is 3.05. The second kappa shape index (κ2) is 8.79. The molecule has 0 atom stereocenters. The molecule has 0 unspecified atom stereocenters. The van der Waals surface area contributed by atoms with E-state index < -0.39 is 10.9 Å². The van der Waals surface area contributed by atoms with Crippen LogP contribution in [0.5, 0.6) is 5.75 Å². The molecule has 0 fully saturated rings. The van der Waals surface area contributed by atoms with Crippen LogP contribution in [0.15, 0.2) is 42.5 Å². The quantitative estimate of drug-likeness (QED) is 0.421. The molecule has 0 saturated carbocycles. The number of methoxy groups -OCH3 is 1. The summed E-state index contributed by atoms with van der Waals surface area (Å²) < 4.78 is 9.87. The Hall–Kier alpha value is -3.42. The summed E-state index contributed by atoms with van der Waals surface area (Å²) in [7, 11) is 2.90. The first-order chi connectivity index (χ1) is 12.9. The number of nitrogens with zero attached hydrogens (tertiary/aromatic N) is 2. The summed E-state index contributed by atoms with van der Waals surface area (Å²) in [6, 6.07) is 10.8. The number of benzene rings is 2. The molecule has 27 heavy (non-hydrogen) atoms. The molecule has 0 aliphatic heterocycles. The topological polar surface area (TPSA) is 99.0 Å². The van der Waals surface area contributed by atoms with E-state index in [1.807, 2.05) is 0 Å². The molecule has 0 aromatic heterocycles. The molecule has 0 spiro atoms. The van der Waals surface area contributed by atoms with Crippen LogP contribution >= 0.6 is 0 Å². The number of ether oxygens (including phenoxy) is 2. The Morgan fingerprint density at radius 2 is 1.74 bits per heavy atom. The zero-order chi connectivity index (χ0) is 20.0. The van der Waals surface area contributed by atoms with Crippen LogP contribution in [-0.4, -0.2) is 42.5 Å². The number of nitro groups is 1. The van der Waals surface area contributed by atoms with E-state index in [9.17, 15) is 19.7 Å². The van der Waals surface area contributed by atoms with Crippen molar-refractivity contribution in [2.75, 3.05) is 20.8 Å². The molecule has 0 aliphatic rings. The molecule has 0 radical (unpaired) electrons. The molecule has 8 heteroatoms. The molecule has 142 valence electrons. The maximum atomic E-state index is 12.6. The highest BCUT2D eigenvalue weighted by Crippen LogP contribution is 2.28. The highest BCUT2D eigenvalue weighted by Gasteiger charge is 2.20. The van der Waals surface area contributed by atoms with Crippen LogP contribution in [0.25, 0.3) is 0 Å². The average molecular weight is 372 g/mol. The summed E-state index contributed by atoms with van der Waals surface area (Å²) >= 11 is 0. The fourth-order valence-electron chi connectivity index (χ4n) is 2.50. The van der Waals surface area contributed by atoms with Crippen LogP contribution < -0.4 is 4.74 Å². The van der Waals surface area contributed by atoms with Gasteiger partial charge in [0.2, 0.25) is 0 Å². The van der Waals surface area contributed by atoms with Crippen molar-refractivity contribution >= 4 is 17.6 Å². The van der Waals surface area contributed by atoms with Crippen molar-refractivity contribution in [2.45, 2.75) is 13.5 Å². The minimum atomic E-state index is -0.576. The van der Waals surface area contributed by atoms with Crippen molar-refractivity contribution < 1.29 is 24.0 Å². The Labute approximate surface area is 156 Å². The van der Waals surface area contributed by atoms with Gasteiger partial charge in [-0.15, -0.1) is 0 Å². The van der Waals surface area contributed by atoms with E-state index in [1.54, 1.807) is 38.2 Å². The van der Waals surface area contributed by atoms with Crippen molar-refractivity contribution in [3.8, 4) is 5.75 Å². The summed E-state index contributed by atoms with van der Waals surface area (Å²) in [5.74, 6) is -0.675. The number of nitro benzene ring substituents is 1. The minimum Gasteiger partial charge on any atom is -0.487 e. The van der Waals surface area contributed by atoms with Gasteiger partial charge in [0.1, 0.15) is 0 Å². The van der Waals surface area contributed by atoms with Crippen LogP contribution in [0, 0.1) is 10.1 Å². The van der Waals surface area contributed by atoms with Crippen LogP contribution in [-0.2, 0) is 11.3 Å². The Kier molecular flexibility index (Phi) is 6.48. The maximum absolute atomic E-state index is 12.6. The van der Waals surface area contributed by atoms with Crippen molar-refractivity contribution in [2.24, 2.45) is 0 Å². The summed E-state index contributed by atoms with van der Waals surface area (Å²) in [5, 5.41) is 11.2. The van der Waals surface area contributed by atoms with Crippen LogP contribution in [0.1, 0.15) is 33.2 Å². The van der Waals surface area contributed by atoms with Gasteiger partial charge in [-0.25, -0.2) is 4.79 Å². The van der Waals surface area contributed by atoms with Gasteiger partial charge in [-0.3, -0.25) is 14.9 Å². The van der Waals surface area contributed by atoms with E-state index in [4.69, 9.17) is 4.74 Å². The lowest BCUT2D eigenvalue weighted by Crippen LogP contribution is -2.26. The van der Waals surface area contributed by atoms with Gasteiger partial charge in [0.15, 0.2) is 5.75 Å². The zero-order valence-corrected chi connectivity index (χ0v) is 15.3. The lowest BCUT2D eigenvalue weighted by atomic mass is 10.1. The number of carbonyl (C=O) groups is 2. The standard InChI is InChI=1S/C19H20N2O6/c1-4-27-17-10-9-15(11-16(17)21(24)25)18(22)20(2)12-13-5-7-14(8-6-13)19(23)26-3/h5-11H,4,12H2,1-3H3. The summed E-state index contributed by atoms with van der Waals surface area (Å²) in [6.07, 6.45) is 0. The number of rotatable bonds is 7. The van der Waals surface area contributed by atoms with Crippen molar-refractivity contribution in [3.05, 3.63) is 69.3 Å². The number of esters is 1. The second-order valence-electron chi connectivity index (χ2n) is 5.72. The van der Waals surface area contributed by atoms with E-state index in [2.05, 4.69) is 4.74 Å². The molecule has 0 N–H and O–H groups in total. The van der Waals surface area contributed by atoms with Crippen molar-refractivity contribution in [1.82, 2.24) is 4.90 Å². The lowest BCUT2D eigenvalue weighted by molar-refractivity contribution is -0.385. The molecule has 0 heterocycles. The molecule has 2 aromatic carbocycles. The normalized spacial score (nSPS) is 10.2. The third kappa shape index (κ3) is 4.81. The second-order valence-corrected chi connectivity index (χ2v) is 5.72. The maximum Gasteiger partial charge on any atom is 0.337 e. The third-order valence-corrected chi connectivity index (χ3v) is 3.84. The predicted molar refractivity (Wildman–Crippen MR) is 97.8 cm³/mol. The van der Waals surface area contributed by atoms with E-state index in [0.717, 1.165) is 5.56 Å². The molecule has 0 aliphatic carbocycles. The Morgan fingerprint density at radius 3 is 2.30 bits per heavy atom. The minimum absolute atomic E-state index is 0.125. The summed E-state index contributed by atoms with van der Waals surface area (Å²) in [6.45, 7) is 2.29. The van der Waals surface area contributed by atoms with Gasteiger partial charge in [-0.1, -0.05) is 12.1 Å². The average Bonchev–Trinajstić information content (AvgIpc) is 2.67. The van der Waals surface area contributed by atoms with Crippen LogP contribution in [0.3, 0.4) is 0 Å². The van der Waals surface area contributed by atoms with Crippen molar-refractivity contribution in [1.29, 1.82) is 0 Å². The number of hydrogen-bond acceptors (Lipinski definition) is 6. The first-order valence-electron chi connectivity index (χ1n) is 8.21. The van der Waals surface area contributed by atoms with E-state index in [0.29, 0.717) is 5.56 Å². The smallest absolute Gasteiger partial charge is 0.337 e. The highest BCUT2D eigenvalue weighted by atomic mass is 16.6. The van der Waals surface area contributed by atoms with Gasteiger partial charge in [0.25, 0.3) is 5.91 Å². The SMILES string of the molecule is CCOc1ccc(C(=O)N(C)Cc2ccc(C(=O)OC)cc2)cc1[N+](=O)[O-]. The number of carbonyl (C=O) groups excluding carboxylic acids is 2. The fraction of sp³-hybridized carbons (Fsp3) is 0.263. The summed E-state index contributed by atoms with van der Waals surface area (Å²) in [4.78, 5) is 36.1. The summed E-state index contributed by atoms with van der Waals surface area (Å²) in [5.41, 5.74) is 1.16. The molecule has 0 saturated heterocycles. The molecular formula is C19H20N2O6. The third-order valence-electron chi connectivity index (χ3n) is 3.84. The molecule has 2 aromatic rings. The van der Waals surface area contributed by atoms with Gasteiger partial charge in [-0.2, -0.15) is 0 Å². The lowest BCUT2D eigenvalue weighted by Gasteiger charge is -2.18. The molecule has 8 nitrogen and oxygen atoms in total. The molecular weight excluding hydrogens is 352 g/mol. The van der Waals surface area contributed by atoms with Crippen LogP contribution in [0.4, 0.5) is 5.69 Å². The van der Waals surface area contributed by atoms with Gasteiger partial charge < -0.3 is 14.4 Å². The Morgan fingerprint density at radius 1 is 1.11 bits per heavy atom. The van der Waals surface area contributed by atoms with Gasteiger partial charge in [0.05, 0.1) is 24.2 Å². The fourth-order valence-corrected chi connectivity index (χ4v) is 2.50. The van der Waals surface area contributed by atoms with Crippen molar-refractivity contribution in [3.63, 3.8) is 0 Å². The molecule has 1 amide bonds. The van der Waals surface area contributed by atoms with Gasteiger partial charge in [0, 0.05) is 25.2 Å². The first kappa shape index (κ1) is 19.9. The number of amides is 1.